The van der Waals surface area contributed by atoms with E-state index in [0.29, 0.717) is 32.1 Å². The second-order valence-electron chi connectivity index (χ2n) is 5.65. The molecular weight excluding hydrogens is 272 g/mol. The molecule has 1 saturated carbocycles. The van der Waals surface area contributed by atoms with Crippen LogP contribution in [0.4, 0.5) is 0 Å². The van der Waals surface area contributed by atoms with E-state index in [0.717, 1.165) is 32.5 Å². The van der Waals surface area contributed by atoms with Gasteiger partial charge >= 0.3 is 5.97 Å². The smallest absolute Gasteiger partial charge is 0.326 e. The van der Waals surface area contributed by atoms with E-state index in [1.807, 2.05) is 6.92 Å². The van der Waals surface area contributed by atoms with E-state index < -0.39 is 5.54 Å². The van der Waals surface area contributed by atoms with Crippen LogP contribution in [0.3, 0.4) is 0 Å². The fourth-order valence-corrected chi connectivity index (χ4v) is 2.92. The van der Waals surface area contributed by atoms with E-state index in [9.17, 15) is 4.79 Å². The van der Waals surface area contributed by atoms with E-state index in [1.165, 1.54) is 0 Å². The zero-order valence-electron chi connectivity index (χ0n) is 13.6. The molecule has 0 aromatic carbocycles. The predicted molar refractivity (Wildman–Crippen MR) is 81.1 cm³/mol. The molecule has 1 aliphatic carbocycles. The van der Waals surface area contributed by atoms with Gasteiger partial charge in [0.25, 0.3) is 0 Å². The van der Waals surface area contributed by atoms with Gasteiger partial charge in [-0.05, 0) is 32.6 Å². The zero-order valence-corrected chi connectivity index (χ0v) is 13.6. The maximum absolute atomic E-state index is 12.0. The molecule has 2 atom stereocenters. The lowest BCUT2D eigenvalue weighted by Gasteiger charge is -2.30. The summed E-state index contributed by atoms with van der Waals surface area (Å²) in [6.07, 6.45) is 3.23. The normalized spacial score (nSPS) is 25.5. The Kier molecular flexibility index (Phi) is 8.18. The van der Waals surface area contributed by atoms with Crippen molar-refractivity contribution in [2.75, 3.05) is 47.1 Å². The lowest BCUT2D eigenvalue weighted by Crippen LogP contribution is -2.48. The van der Waals surface area contributed by atoms with Crippen LogP contribution in [-0.4, -0.2) is 69.6 Å². The summed E-state index contributed by atoms with van der Waals surface area (Å²) in [5, 5.41) is 0. The average Bonchev–Trinajstić information content (AvgIpc) is 2.87. The highest BCUT2D eigenvalue weighted by Gasteiger charge is 2.44. The lowest BCUT2D eigenvalue weighted by molar-refractivity contribution is -0.149. The van der Waals surface area contributed by atoms with Crippen LogP contribution >= 0.6 is 0 Å². The summed E-state index contributed by atoms with van der Waals surface area (Å²) < 4.78 is 15.4. The van der Waals surface area contributed by atoms with Gasteiger partial charge < -0.3 is 19.9 Å². The number of carbonyl (C=O) groups excluding carboxylic acids is 1. The molecule has 2 unspecified atom stereocenters. The summed E-state index contributed by atoms with van der Waals surface area (Å²) in [6, 6.07) is 0.311. The van der Waals surface area contributed by atoms with Gasteiger partial charge in [-0.15, -0.1) is 0 Å². The molecule has 0 heterocycles. The number of rotatable bonds is 10. The van der Waals surface area contributed by atoms with Crippen LogP contribution in [0.25, 0.3) is 0 Å². The van der Waals surface area contributed by atoms with Crippen molar-refractivity contribution in [1.82, 2.24) is 4.90 Å². The molecule has 1 rings (SSSR count). The second kappa shape index (κ2) is 9.35. The third kappa shape index (κ3) is 5.54. The highest BCUT2D eigenvalue weighted by Crippen LogP contribution is 2.32. The van der Waals surface area contributed by atoms with Crippen LogP contribution in [0.15, 0.2) is 0 Å². The first-order valence-electron chi connectivity index (χ1n) is 7.75. The summed E-state index contributed by atoms with van der Waals surface area (Å²) in [4.78, 5) is 14.4. The number of nitrogens with two attached hydrogens (primary N) is 1. The minimum atomic E-state index is -0.826. The van der Waals surface area contributed by atoms with Gasteiger partial charge in [0.2, 0.25) is 0 Å². The summed E-state index contributed by atoms with van der Waals surface area (Å²) in [6.45, 7) is 5.39. The van der Waals surface area contributed by atoms with Gasteiger partial charge in [-0.25, -0.2) is 0 Å². The average molecular weight is 302 g/mol. The molecule has 0 aromatic rings. The Morgan fingerprint density at radius 3 is 2.62 bits per heavy atom. The standard InChI is InChI=1S/C15H30N2O4/c1-4-21-14(18)15(16)7-6-13(12-15)17(9-11-20-3)8-5-10-19-2/h13H,4-12,16H2,1-3H3. The number of hydrogen-bond donors (Lipinski definition) is 1. The maximum Gasteiger partial charge on any atom is 0.326 e. The Labute approximate surface area is 127 Å². The van der Waals surface area contributed by atoms with Crippen molar-refractivity contribution in [3.8, 4) is 0 Å². The number of nitrogens with zero attached hydrogens (tertiary/aromatic N) is 1. The van der Waals surface area contributed by atoms with Crippen molar-refractivity contribution in [3.05, 3.63) is 0 Å². The minimum absolute atomic E-state index is 0.268. The number of hydrogen-bond acceptors (Lipinski definition) is 6. The molecule has 6 nitrogen and oxygen atoms in total. The molecule has 1 fully saturated rings. The van der Waals surface area contributed by atoms with Crippen molar-refractivity contribution in [2.45, 2.75) is 44.2 Å². The monoisotopic (exact) mass is 302 g/mol. The number of ether oxygens (including phenoxy) is 3. The van der Waals surface area contributed by atoms with Crippen LogP contribution < -0.4 is 5.73 Å². The maximum atomic E-state index is 12.0. The van der Waals surface area contributed by atoms with Gasteiger partial charge in [-0.3, -0.25) is 9.69 Å². The lowest BCUT2D eigenvalue weighted by atomic mass is 9.99. The molecule has 0 radical (unpaired) electrons. The Morgan fingerprint density at radius 1 is 1.29 bits per heavy atom. The highest BCUT2D eigenvalue weighted by molar-refractivity contribution is 5.81. The van der Waals surface area contributed by atoms with Crippen LogP contribution in [0, 0.1) is 0 Å². The molecule has 0 bridgehead atoms. The molecule has 6 heteroatoms. The third-order valence-corrected chi connectivity index (χ3v) is 4.10. The predicted octanol–water partition coefficient (Wildman–Crippen LogP) is 0.784. The van der Waals surface area contributed by atoms with Crippen LogP contribution in [0.5, 0.6) is 0 Å². The van der Waals surface area contributed by atoms with Gasteiger partial charge in [0.1, 0.15) is 5.54 Å². The first-order chi connectivity index (χ1) is 10.1. The molecule has 21 heavy (non-hydrogen) atoms. The molecular formula is C15H30N2O4. The topological polar surface area (TPSA) is 74.0 Å². The van der Waals surface area contributed by atoms with E-state index in [2.05, 4.69) is 4.90 Å². The fourth-order valence-electron chi connectivity index (χ4n) is 2.92. The Balaban J connectivity index is 2.56. The van der Waals surface area contributed by atoms with Gasteiger partial charge in [0.05, 0.1) is 13.2 Å². The number of carbonyl (C=O) groups is 1. The Morgan fingerprint density at radius 2 is 2.00 bits per heavy atom. The van der Waals surface area contributed by atoms with E-state index in [1.54, 1.807) is 14.2 Å². The van der Waals surface area contributed by atoms with Gasteiger partial charge in [0, 0.05) is 40.0 Å². The summed E-state index contributed by atoms with van der Waals surface area (Å²) >= 11 is 0. The highest BCUT2D eigenvalue weighted by atomic mass is 16.5. The second-order valence-corrected chi connectivity index (χ2v) is 5.65. The summed E-state index contributed by atoms with van der Waals surface area (Å²) in [5.41, 5.74) is 5.42. The molecule has 124 valence electrons. The molecule has 1 aliphatic rings. The Hall–Kier alpha value is -0.690. The largest absolute Gasteiger partial charge is 0.465 e. The van der Waals surface area contributed by atoms with E-state index in [-0.39, 0.29) is 5.97 Å². The first-order valence-corrected chi connectivity index (χ1v) is 7.75. The summed E-state index contributed by atoms with van der Waals surface area (Å²) in [7, 11) is 3.41. The third-order valence-electron chi connectivity index (χ3n) is 4.10. The fraction of sp³-hybridized carbons (Fsp3) is 0.933. The van der Waals surface area contributed by atoms with Crippen molar-refractivity contribution in [3.63, 3.8) is 0 Å². The molecule has 0 saturated heterocycles. The SMILES string of the molecule is CCOC(=O)C1(N)CCC(N(CCCOC)CCOC)C1. The molecule has 2 N–H and O–H groups in total. The molecule has 0 aliphatic heterocycles. The number of methoxy groups -OCH3 is 2. The van der Waals surface area contributed by atoms with Crippen molar-refractivity contribution < 1.29 is 19.0 Å². The minimum Gasteiger partial charge on any atom is -0.465 e. The number of esters is 1. The van der Waals surface area contributed by atoms with Crippen LogP contribution in [-0.2, 0) is 19.0 Å². The first kappa shape index (κ1) is 18.4. The van der Waals surface area contributed by atoms with Crippen LogP contribution in [0.2, 0.25) is 0 Å². The van der Waals surface area contributed by atoms with Crippen molar-refractivity contribution in [2.24, 2.45) is 5.73 Å². The quantitative estimate of drug-likeness (QED) is 0.475. The molecule has 0 spiro atoms. The van der Waals surface area contributed by atoms with Crippen LogP contribution in [0.1, 0.15) is 32.6 Å². The van der Waals surface area contributed by atoms with E-state index >= 15 is 0 Å². The molecule has 0 amide bonds. The van der Waals surface area contributed by atoms with Crippen molar-refractivity contribution in [1.29, 1.82) is 0 Å². The Bertz CT molecular complexity index is 314. The zero-order chi connectivity index (χ0) is 15.7. The van der Waals surface area contributed by atoms with Crippen molar-refractivity contribution >= 4 is 5.97 Å². The van der Waals surface area contributed by atoms with Gasteiger partial charge in [0.15, 0.2) is 0 Å². The van der Waals surface area contributed by atoms with E-state index in [4.69, 9.17) is 19.9 Å². The molecule has 0 aromatic heterocycles. The van der Waals surface area contributed by atoms with Gasteiger partial charge in [-0.1, -0.05) is 0 Å². The van der Waals surface area contributed by atoms with Gasteiger partial charge in [-0.2, -0.15) is 0 Å². The summed E-state index contributed by atoms with van der Waals surface area (Å²) in [5.74, 6) is -0.268.